The summed E-state index contributed by atoms with van der Waals surface area (Å²) < 4.78 is 7.37. The number of nitrogens with zero attached hydrogens (tertiary/aromatic N) is 3. The summed E-state index contributed by atoms with van der Waals surface area (Å²) in [6.07, 6.45) is 0. The number of fused-ring (bicyclic) bond motifs is 1. The Kier molecular flexibility index (Phi) is 5.87. The largest absolute Gasteiger partial charge is 0.494 e. The van der Waals surface area contributed by atoms with Crippen molar-refractivity contribution in [1.82, 2.24) is 14.9 Å². The van der Waals surface area contributed by atoms with Crippen LogP contribution in [-0.2, 0) is 4.79 Å². The lowest BCUT2D eigenvalue weighted by Gasteiger charge is -2.33. The Labute approximate surface area is 184 Å². The zero-order chi connectivity index (χ0) is 21.3. The number of aromatic nitrogens is 3. The smallest absolute Gasteiger partial charge is 0.240 e. The molecule has 4 rings (SSSR count). The summed E-state index contributed by atoms with van der Waals surface area (Å²) in [4.78, 5) is 13.3. The van der Waals surface area contributed by atoms with Crippen LogP contribution >= 0.6 is 23.4 Å². The van der Waals surface area contributed by atoms with Crippen LogP contribution in [0.15, 0.2) is 47.6 Å². The van der Waals surface area contributed by atoms with Crippen molar-refractivity contribution in [3.05, 3.63) is 64.4 Å². The Bertz CT molecular complexity index is 1070. The lowest BCUT2D eigenvalue weighted by molar-refractivity contribution is -0.116. The molecule has 1 amide bonds. The highest BCUT2D eigenvalue weighted by Crippen LogP contribution is 2.38. The lowest BCUT2D eigenvalue weighted by Crippen LogP contribution is -2.41. The van der Waals surface area contributed by atoms with Crippen LogP contribution in [-0.4, -0.2) is 32.6 Å². The second-order valence-electron chi connectivity index (χ2n) is 6.91. The summed E-state index contributed by atoms with van der Waals surface area (Å²) in [5.74, 6) is 1.39. The average Bonchev–Trinajstić information content (AvgIpc) is 3.11. The molecule has 2 atom stereocenters. The van der Waals surface area contributed by atoms with E-state index in [4.69, 9.17) is 16.3 Å². The molecule has 2 unspecified atom stereocenters. The van der Waals surface area contributed by atoms with Gasteiger partial charge in [0.25, 0.3) is 0 Å². The maximum absolute atomic E-state index is 13.3. The summed E-state index contributed by atoms with van der Waals surface area (Å²) in [6, 6.07) is 13.0. The van der Waals surface area contributed by atoms with Gasteiger partial charge in [-0.15, -0.1) is 10.2 Å². The molecule has 1 aromatic heterocycles. The van der Waals surface area contributed by atoms with E-state index in [9.17, 15) is 4.79 Å². The number of carbonyl (C=O) groups is 1. The second kappa shape index (κ2) is 8.57. The molecule has 3 aromatic rings. The Hall–Kier alpha value is -2.71. The van der Waals surface area contributed by atoms with Crippen LogP contribution in [0, 0.1) is 13.8 Å². The molecule has 0 bridgehead atoms. The molecule has 0 saturated carbocycles. The van der Waals surface area contributed by atoms with Crippen LogP contribution in [0.4, 0.5) is 5.69 Å². The molecular formula is C21H22ClN5O2S. The standard InChI is InChI=1S/C21H22ClN5O2S/c1-4-29-15-10-8-14(9-11-15)18-19(30-21-25-24-13(3)27(21)26-18)20(28)23-17-7-5-6-16(22)12(17)2/h5-11,18-19,26H,4H2,1-3H3,(H,23,28). The van der Waals surface area contributed by atoms with Crippen LogP contribution in [0.1, 0.15) is 29.9 Å². The fourth-order valence-corrected chi connectivity index (χ4v) is 4.60. The second-order valence-corrected chi connectivity index (χ2v) is 8.43. The van der Waals surface area contributed by atoms with Gasteiger partial charge in [-0.3, -0.25) is 4.79 Å². The van der Waals surface area contributed by atoms with Gasteiger partial charge in [-0.1, -0.05) is 41.6 Å². The molecule has 0 spiro atoms. The maximum atomic E-state index is 13.3. The first-order valence-corrected chi connectivity index (χ1v) is 10.9. The molecule has 0 saturated heterocycles. The Balaban J connectivity index is 1.65. The van der Waals surface area contributed by atoms with Crippen LogP contribution in [0.25, 0.3) is 0 Å². The summed E-state index contributed by atoms with van der Waals surface area (Å²) in [5, 5.41) is 12.1. The van der Waals surface area contributed by atoms with Crippen molar-refractivity contribution in [3.8, 4) is 5.75 Å². The van der Waals surface area contributed by atoms with Gasteiger partial charge in [-0.05, 0) is 56.2 Å². The van der Waals surface area contributed by atoms with Gasteiger partial charge >= 0.3 is 0 Å². The van der Waals surface area contributed by atoms with Crippen molar-refractivity contribution in [2.24, 2.45) is 0 Å². The number of hydrogen-bond donors (Lipinski definition) is 2. The predicted octanol–water partition coefficient (Wildman–Crippen LogP) is 4.34. The first-order chi connectivity index (χ1) is 14.5. The average molecular weight is 444 g/mol. The number of rotatable bonds is 5. The molecule has 0 radical (unpaired) electrons. The van der Waals surface area contributed by atoms with E-state index in [1.54, 1.807) is 6.07 Å². The van der Waals surface area contributed by atoms with E-state index in [0.717, 1.165) is 22.7 Å². The van der Waals surface area contributed by atoms with Crippen molar-refractivity contribution in [1.29, 1.82) is 0 Å². The van der Waals surface area contributed by atoms with E-state index in [1.165, 1.54) is 11.8 Å². The summed E-state index contributed by atoms with van der Waals surface area (Å²) in [7, 11) is 0. The van der Waals surface area contributed by atoms with Gasteiger partial charge in [0.1, 0.15) is 16.8 Å². The zero-order valence-corrected chi connectivity index (χ0v) is 18.4. The molecule has 0 aliphatic carbocycles. The summed E-state index contributed by atoms with van der Waals surface area (Å²) in [6.45, 7) is 6.30. The Morgan fingerprint density at radius 1 is 1.23 bits per heavy atom. The number of benzene rings is 2. The van der Waals surface area contributed by atoms with E-state index in [2.05, 4.69) is 20.9 Å². The van der Waals surface area contributed by atoms with Gasteiger partial charge in [-0.25, -0.2) is 4.68 Å². The molecule has 7 nitrogen and oxygen atoms in total. The number of hydrogen-bond acceptors (Lipinski definition) is 6. The summed E-state index contributed by atoms with van der Waals surface area (Å²) in [5.41, 5.74) is 5.89. The predicted molar refractivity (Wildman–Crippen MR) is 119 cm³/mol. The third kappa shape index (κ3) is 3.97. The number of carbonyl (C=O) groups excluding carboxylic acids is 1. The zero-order valence-electron chi connectivity index (χ0n) is 16.8. The maximum Gasteiger partial charge on any atom is 0.240 e. The molecule has 2 heterocycles. The fourth-order valence-electron chi connectivity index (χ4n) is 3.30. The number of anilines is 1. The van der Waals surface area contributed by atoms with Crippen molar-refractivity contribution in [2.75, 3.05) is 17.3 Å². The van der Waals surface area contributed by atoms with Gasteiger partial charge in [-0.2, -0.15) is 0 Å². The van der Waals surface area contributed by atoms with Gasteiger partial charge in [0, 0.05) is 10.7 Å². The minimum Gasteiger partial charge on any atom is -0.494 e. The van der Waals surface area contributed by atoms with Crippen molar-refractivity contribution in [2.45, 2.75) is 37.2 Å². The van der Waals surface area contributed by atoms with Gasteiger partial charge in [0.15, 0.2) is 0 Å². The molecule has 2 N–H and O–H groups in total. The normalized spacial score (nSPS) is 17.7. The SMILES string of the molecule is CCOc1ccc(C2Nn3c(C)nnc3SC2C(=O)Nc2cccc(Cl)c2C)cc1. The monoisotopic (exact) mass is 443 g/mol. The highest BCUT2D eigenvalue weighted by molar-refractivity contribution is 8.00. The van der Waals surface area contributed by atoms with E-state index >= 15 is 0 Å². The van der Waals surface area contributed by atoms with E-state index in [1.807, 2.05) is 61.8 Å². The van der Waals surface area contributed by atoms with Crippen molar-refractivity contribution < 1.29 is 9.53 Å². The minimum absolute atomic E-state index is 0.136. The molecule has 1 aliphatic rings. The number of nitrogens with one attached hydrogen (secondary N) is 2. The molecular weight excluding hydrogens is 422 g/mol. The number of amides is 1. The van der Waals surface area contributed by atoms with Crippen LogP contribution < -0.4 is 15.5 Å². The van der Waals surface area contributed by atoms with Crippen molar-refractivity contribution in [3.63, 3.8) is 0 Å². The van der Waals surface area contributed by atoms with Crippen LogP contribution in [0.3, 0.4) is 0 Å². The molecule has 0 fully saturated rings. The van der Waals surface area contributed by atoms with E-state index in [0.29, 0.717) is 22.5 Å². The van der Waals surface area contributed by atoms with Gasteiger partial charge in [0.05, 0.1) is 12.6 Å². The molecule has 156 valence electrons. The Morgan fingerprint density at radius 3 is 2.73 bits per heavy atom. The van der Waals surface area contributed by atoms with Crippen LogP contribution in [0.2, 0.25) is 5.02 Å². The first kappa shape index (κ1) is 20.6. The molecule has 9 heteroatoms. The lowest BCUT2D eigenvalue weighted by atomic mass is 10.0. The summed E-state index contributed by atoms with van der Waals surface area (Å²) >= 11 is 7.60. The quantitative estimate of drug-likeness (QED) is 0.610. The third-order valence-electron chi connectivity index (χ3n) is 4.93. The fraction of sp³-hybridized carbons (Fsp3) is 0.286. The van der Waals surface area contributed by atoms with Crippen molar-refractivity contribution >= 4 is 35.0 Å². The van der Waals surface area contributed by atoms with Gasteiger partial charge in [0.2, 0.25) is 11.1 Å². The molecule has 30 heavy (non-hydrogen) atoms. The molecule has 1 aliphatic heterocycles. The molecule has 2 aromatic carbocycles. The highest BCUT2D eigenvalue weighted by Gasteiger charge is 2.37. The number of thioether (sulfide) groups is 1. The number of ether oxygens (including phenoxy) is 1. The topological polar surface area (TPSA) is 81.1 Å². The third-order valence-corrected chi connectivity index (χ3v) is 6.56. The first-order valence-electron chi connectivity index (χ1n) is 9.62. The van der Waals surface area contributed by atoms with E-state index in [-0.39, 0.29) is 11.9 Å². The highest BCUT2D eigenvalue weighted by atomic mass is 35.5. The minimum atomic E-state index is -0.461. The van der Waals surface area contributed by atoms with E-state index < -0.39 is 5.25 Å². The Morgan fingerprint density at radius 2 is 2.00 bits per heavy atom. The van der Waals surface area contributed by atoms with Crippen LogP contribution in [0.5, 0.6) is 5.75 Å². The number of halogens is 1. The number of aryl methyl sites for hydroxylation is 1. The van der Waals surface area contributed by atoms with Gasteiger partial charge < -0.3 is 15.5 Å².